The average molecular weight is 329 g/mol. The SMILES string of the molecule is C=CCC[C@H]1CC[C@H]([C@H]2CC[C@H]([C@H]3CC[C@H](C=C)CC3)CC2)CC1. The molecule has 0 atom stereocenters. The molecule has 0 nitrogen and oxygen atoms in total. The van der Waals surface area contributed by atoms with Crippen molar-refractivity contribution in [2.24, 2.45) is 35.5 Å². The zero-order valence-corrected chi connectivity index (χ0v) is 15.9. The zero-order valence-electron chi connectivity index (χ0n) is 15.9. The van der Waals surface area contributed by atoms with E-state index in [2.05, 4.69) is 25.3 Å². The first-order valence-electron chi connectivity index (χ1n) is 11.0. The van der Waals surface area contributed by atoms with Crippen molar-refractivity contribution in [1.82, 2.24) is 0 Å². The van der Waals surface area contributed by atoms with Crippen molar-refractivity contribution in [2.75, 3.05) is 0 Å². The maximum absolute atomic E-state index is 4.00. The van der Waals surface area contributed by atoms with Gasteiger partial charge in [-0.3, -0.25) is 0 Å². The zero-order chi connectivity index (χ0) is 16.8. The van der Waals surface area contributed by atoms with Crippen molar-refractivity contribution >= 4 is 0 Å². The molecule has 0 unspecified atom stereocenters. The summed E-state index contributed by atoms with van der Waals surface area (Å²) in [6.45, 7) is 7.88. The fraction of sp³-hybridized carbons (Fsp3) is 0.833. The highest BCUT2D eigenvalue weighted by molar-refractivity contribution is 4.89. The van der Waals surface area contributed by atoms with Crippen LogP contribution >= 0.6 is 0 Å². The van der Waals surface area contributed by atoms with Crippen molar-refractivity contribution in [1.29, 1.82) is 0 Å². The summed E-state index contributed by atoms with van der Waals surface area (Å²) in [5, 5.41) is 0. The van der Waals surface area contributed by atoms with E-state index >= 15 is 0 Å². The predicted octanol–water partition coefficient (Wildman–Crippen LogP) is 7.56. The molecule has 0 amide bonds. The highest BCUT2D eigenvalue weighted by Crippen LogP contribution is 2.46. The molecule has 3 aliphatic rings. The smallest absolute Gasteiger partial charge is 0.0236 e. The molecule has 3 fully saturated rings. The summed E-state index contributed by atoms with van der Waals surface area (Å²) in [6, 6.07) is 0. The maximum atomic E-state index is 4.00. The molecule has 0 radical (unpaired) electrons. The molecule has 0 aromatic carbocycles. The molecule has 0 bridgehead atoms. The molecule has 136 valence electrons. The fourth-order valence-corrected chi connectivity index (χ4v) is 6.24. The van der Waals surface area contributed by atoms with E-state index in [0.29, 0.717) is 0 Å². The van der Waals surface area contributed by atoms with Crippen LogP contribution in [0.4, 0.5) is 0 Å². The van der Waals surface area contributed by atoms with Crippen LogP contribution in [0.25, 0.3) is 0 Å². The second-order valence-corrected chi connectivity index (χ2v) is 9.23. The quantitative estimate of drug-likeness (QED) is 0.441. The summed E-state index contributed by atoms with van der Waals surface area (Å²) in [6.07, 6.45) is 25.0. The van der Waals surface area contributed by atoms with Gasteiger partial charge in [-0.1, -0.05) is 25.0 Å². The Hall–Kier alpha value is -0.520. The summed E-state index contributed by atoms with van der Waals surface area (Å²) >= 11 is 0. The van der Waals surface area contributed by atoms with Crippen LogP contribution in [0.15, 0.2) is 25.3 Å². The van der Waals surface area contributed by atoms with Crippen LogP contribution in [0.1, 0.15) is 89.9 Å². The molecular formula is C24H40. The first-order chi connectivity index (χ1) is 11.8. The van der Waals surface area contributed by atoms with Gasteiger partial charge < -0.3 is 0 Å². The van der Waals surface area contributed by atoms with E-state index in [4.69, 9.17) is 0 Å². The van der Waals surface area contributed by atoms with Crippen LogP contribution in [0.5, 0.6) is 0 Å². The molecule has 0 heterocycles. The molecule has 24 heavy (non-hydrogen) atoms. The molecule has 3 saturated carbocycles. The van der Waals surface area contributed by atoms with Crippen molar-refractivity contribution in [2.45, 2.75) is 89.9 Å². The highest BCUT2D eigenvalue weighted by Gasteiger charge is 2.34. The number of allylic oxidation sites excluding steroid dienone is 2. The highest BCUT2D eigenvalue weighted by atomic mass is 14.4. The van der Waals surface area contributed by atoms with Gasteiger partial charge in [0.05, 0.1) is 0 Å². The maximum Gasteiger partial charge on any atom is -0.0236 e. The topological polar surface area (TPSA) is 0 Å². The molecule has 3 aliphatic carbocycles. The Morgan fingerprint density at radius 1 is 0.583 bits per heavy atom. The molecule has 0 aromatic heterocycles. The first-order valence-corrected chi connectivity index (χ1v) is 11.0. The minimum atomic E-state index is 0.828. The Labute approximate surface area is 151 Å². The van der Waals surface area contributed by atoms with Crippen molar-refractivity contribution < 1.29 is 0 Å². The number of rotatable bonds is 6. The van der Waals surface area contributed by atoms with Crippen LogP contribution in [0, 0.1) is 35.5 Å². The largest absolute Gasteiger partial charge is 0.103 e. The monoisotopic (exact) mass is 328 g/mol. The van der Waals surface area contributed by atoms with Gasteiger partial charge in [0, 0.05) is 0 Å². The molecule has 0 aromatic rings. The first kappa shape index (κ1) is 18.3. The van der Waals surface area contributed by atoms with E-state index < -0.39 is 0 Å². The molecule has 3 rings (SSSR count). The Morgan fingerprint density at radius 2 is 1.00 bits per heavy atom. The van der Waals surface area contributed by atoms with Gasteiger partial charge in [0.25, 0.3) is 0 Å². The summed E-state index contributed by atoms with van der Waals surface area (Å²) < 4.78 is 0. The van der Waals surface area contributed by atoms with Gasteiger partial charge in [0.1, 0.15) is 0 Å². The van der Waals surface area contributed by atoms with Gasteiger partial charge in [-0.2, -0.15) is 0 Å². The van der Waals surface area contributed by atoms with Gasteiger partial charge in [0.15, 0.2) is 0 Å². The molecule has 0 N–H and O–H groups in total. The normalized spacial score (nSPS) is 40.8. The second-order valence-electron chi connectivity index (χ2n) is 9.23. The average Bonchev–Trinajstić information content (AvgIpc) is 2.67. The lowest BCUT2D eigenvalue weighted by molar-refractivity contribution is 0.107. The molecular weight excluding hydrogens is 288 g/mol. The van der Waals surface area contributed by atoms with Crippen LogP contribution < -0.4 is 0 Å². The third-order valence-electron chi connectivity index (χ3n) is 7.97. The minimum absolute atomic E-state index is 0.828. The lowest BCUT2D eigenvalue weighted by Gasteiger charge is -2.41. The predicted molar refractivity (Wildman–Crippen MR) is 106 cm³/mol. The molecule has 0 heteroatoms. The summed E-state index contributed by atoms with van der Waals surface area (Å²) in [4.78, 5) is 0. The minimum Gasteiger partial charge on any atom is -0.103 e. The van der Waals surface area contributed by atoms with Crippen molar-refractivity contribution in [3.8, 4) is 0 Å². The molecule has 0 saturated heterocycles. The van der Waals surface area contributed by atoms with E-state index in [9.17, 15) is 0 Å². The number of hydrogen-bond donors (Lipinski definition) is 0. The third-order valence-corrected chi connectivity index (χ3v) is 7.97. The number of hydrogen-bond acceptors (Lipinski definition) is 0. The lowest BCUT2D eigenvalue weighted by atomic mass is 9.65. The lowest BCUT2D eigenvalue weighted by Crippen LogP contribution is -2.29. The van der Waals surface area contributed by atoms with Gasteiger partial charge in [-0.15, -0.1) is 13.2 Å². The van der Waals surface area contributed by atoms with E-state index in [1.54, 1.807) is 25.7 Å². The van der Waals surface area contributed by atoms with Gasteiger partial charge in [-0.25, -0.2) is 0 Å². The van der Waals surface area contributed by atoms with Crippen LogP contribution in [-0.2, 0) is 0 Å². The van der Waals surface area contributed by atoms with Crippen LogP contribution in [0.2, 0.25) is 0 Å². The summed E-state index contributed by atoms with van der Waals surface area (Å²) in [7, 11) is 0. The third kappa shape index (κ3) is 4.77. The van der Waals surface area contributed by atoms with E-state index in [1.807, 2.05) is 0 Å². The molecule has 0 spiro atoms. The van der Waals surface area contributed by atoms with Crippen LogP contribution in [0.3, 0.4) is 0 Å². The Balaban J connectivity index is 1.37. The van der Waals surface area contributed by atoms with E-state index in [1.165, 1.54) is 64.2 Å². The van der Waals surface area contributed by atoms with Crippen molar-refractivity contribution in [3.63, 3.8) is 0 Å². The summed E-state index contributed by atoms with van der Waals surface area (Å²) in [5.74, 6) is 6.10. The van der Waals surface area contributed by atoms with Gasteiger partial charge >= 0.3 is 0 Å². The second kappa shape index (κ2) is 9.25. The van der Waals surface area contributed by atoms with Crippen molar-refractivity contribution in [3.05, 3.63) is 25.3 Å². The van der Waals surface area contributed by atoms with Gasteiger partial charge in [0.2, 0.25) is 0 Å². The van der Waals surface area contributed by atoms with Gasteiger partial charge in [-0.05, 0) is 113 Å². The Morgan fingerprint density at radius 3 is 1.42 bits per heavy atom. The Kier molecular flexibility index (Phi) is 7.05. The summed E-state index contributed by atoms with van der Waals surface area (Å²) in [5.41, 5.74) is 0. The Bertz CT molecular complexity index is 371. The fourth-order valence-electron chi connectivity index (χ4n) is 6.24. The van der Waals surface area contributed by atoms with E-state index in [-0.39, 0.29) is 0 Å². The standard InChI is InChI=1S/C24H40/c1-3-5-6-20-9-13-22(14-10-20)24-17-15-23(16-18-24)21-11-7-19(4-2)8-12-21/h3-4,19-24H,1-2,5-18H2/t19-,20-,21-,22-,23-,24-. The van der Waals surface area contributed by atoms with E-state index in [0.717, 1.165) is 35.5 Å². The molecule has 0 aliphatic heterocycles. The van der Waals surface area contributed by atoms with Crippen LogP contribution in [-0.4, -0.2) is 0 Å².